The van der Waals surface area contributed by atoms with Crippen LogP contribution in [0.3, 0.4) is 0 Å². The zero-order valence-electron chi connectivity index (χ0n) is 22.8. The molecule has 42 heavy (non-hydrogen) atoms. The van der Waals surface area contributed by atoms with Gasteiger partial charge >= 0.3 is 31.3 Å². The molecule has 0 saturated carbocycles. The van der Waals surface area contributed by atoms with Crippen LogP contribution in [0.1, 0.15) is 26.7 Å². The number of allylic oxidation sites excluding steroid dienone is 2. The molecular weight excluding hydrogens is 674 g/mol. The van der Waals surface area contributed by atoms with Crippen molar-refractivity contribution in [2.24, 2.45) is 0 Å². The molecule has 0 atom stereocenters. The van der Waals surface area contributed by atoms with Crippen molar-refractivity contribution in [3.05, 3.63) is 50.6 Å². The van der Waals surface area contributed by atoms with Gasteiger partial charge in [0.1, 0.15) is 0 Å². The second-order valence-electron chi connectivity index (χ2n) is 6.63. The average molecular weight is 709 g/mol. The fourth-order valence-electron chi connectivity index (χ4n) is 1.59. The third kappa shape index (κ3) is 24.7. The Hall–Kier alpha value is -1.82. The van der Waals surface area contributed by atoms with Crippen LogP contribution in [0.25, 0.3) is 0 Å². The standard InChI is InChI=1S/C9H16O3S.2C4H5F3O3S.C3H8O3S/c1-4-7-9(8-5-2)13(10,11)12-6-3;2*1-2-3-10-11(8,9)4(5,6)7;1-3-6-7(2,4)5/h4-5,9H,1-2,6-8H2,3H3;2*2H,1,3H2;3H2,1-2H3. The minimum atomic E-state index is -5.43. The van der Waals surface area contributed by atoms with Crippen LogP contribution in [0, 0.1) is 0 Å². The molecule has 0 heterocycles. The Morgan fingerprint density at radius 3 is 1.07 bits per heavy atom. The third-order valence-corrected chi connectivity index (χ3v) is 7.59. The molecule has 0 aliphatic rings. The first-order valence-electron chi connectivity index (χ1n) is 10.8. The van der Waals surface area contributed by atoms with Gasteiger partial charge in [0.05, 0.1) is 37.9 Å². The van der Waals surface area contributed by atoms with Crippen molar-refractivity contribution >= 4 is 40.5 Å². The van der Waals surface area contributed by atoms with Gasteiger partial charge in [0.25, 0.3) is 20.2 Å². The van der Waals surface area contributed by atoms with Gasteiger partial charge in [0.15, 0.2) is 0 Å². The highest BCUT2D eigenvalue weighted by Gasteiger charge is 2.47. The van der Waals surface area contributed by atoms with Gasteiger partial charge in [-0.05, 0) is 26.7 Å². The number of hydrogen-bond acceptors (Lipinski definition) is 12. The second-order valence-corrected chi connectivity index (χ2v) is 13.4. The molecule has 0 aliphatic heterocycles. The summed E-state index contributed by atoms with van der Waals surface area (Å²) in [4.78, 5) is 0. The van der Waals surface area contributed by atoms with Crippen molar-refractivity contribution in [3.63, 3.8) is 0 Å². The van der Waals surface area contributed by atoms with Crippen LogP contribution in [0.4, 0.5) is 26.3 Å². The van der Waals surface area contributed by atoms with Crippen LogP contribution in [0.2, 0.25) is 0 Å². The highest BCUT2D eigenvalue weighted by atomic mass is 32.2. The number of rotatable bonds is 15. The van der Waals surface area contributed by atoms with Crippen LogP contribution in [-0.2, 0) is 57.2 Å². The minimum absolute atomic E-state index is 0.174. The van der Waals surface area contributed by atoms with E-state index in [4.69, 9.17) is 0 Å². The van der Waals surface area contributed by atoms with Gasteiger partial charge < -0.3 is 0 Å². The SMILES string of the molecule is C=CCC(CC=C)S(=O)(=O)OCC.C=CCOS(=O)(=O)C(F)(F)F.C=CCOS(=O)(=O)C(F)(F)F.CCOS(C)(=O)=O. The van der Waals surface area contributed by atoms with Gasteiger partial charge in [0.2, 0.25) is 0 Å². The maximum atomic E-state index is 11.4. The first-order chi connectivity index (χ1) is 18.8. The Kier molecular flexibility index (Phi) is 24.5. The van der Waals surface area contributed by atoms with Gasteiger partial charge in [-0.3, -0.25) is 16.7 Å². The Bertz CT molecular complexity index is 1160. The monoisotopic (exact) mass is 708 g/mol. The van der Waals surface area contributed by atoms with Crippen LogP contribution in [0.15, 0.2) is 50.6 Å². The average Bonchev–Trinajstić information content (AvgIpc) is 2.80. The van der Waals surface area contributed by atoms with Crippen molar-refractivity contribution < 1.29 is 76.7 Å². The summed E-state index contributed by atoms with van der Waals surface area (Å²) in [5.41, 5.74) is -10.7. The van der Waals surface area contributed by atoms with E-state index < -0.39 is 70.0 Å². The van der Waals surface area contributed by atoms with Crippen molar-refractivity contribution in [1.82, 2.24) is 0 Å². The van der Waals surface area contributed by atoms with E-state index in [1.54, 1.807) is 26.0 Å². The summed E-state index contributed by atoms with van der Waals surface area (Å²) in [6.45, 7) is 15.3. The number of alkyl halides is 6. The first kappa shape index (κ1) is 47.1. The highest BCUT2D eigenvalue weighted by molar-refractivity contribution is 7.88. The Labute approximate surface area is 243 Å². The molecule has 0 rings (SSSR count). The summed E-state index contributed by atoms with van der Waals surface area (Å²) in [5, 5.41) is -0.539. The van der Waals surface area contributed by atoms with E-state index in [1.165, 1.54) is 0 Å². The van der Waals surface area contributed by atoms with Gasteiger partial charge in [0, 0.05) is 0 Å². The number of hydrogen-bond donors (Lipinski definition) is 0. The molecular formula is C20H34F6O12S4. The molecule has 0 aliphatic carbocycles. The molecule has 0 aromatic carbocycles. The Balaban J connectivity index is -0.000000234. The maximum absolute atomic E-state index is 11.4. The summed E-state index contributed by atoms with van der Waals surface area (Å²) in [7, 11) is -17.5. The van der Waals surface area contributed by atoms with Crippen molar-refractivity contribution in [2.45, 2.75) is 43.0 Å². The minimum Gasteiger partial charge on any atom is -0.271 e. The molecule has 0 radical (unpaired) electrons. The zero-order chi connectivity index (χ0) is 34.5. The van der Waals surface area contributed by atoms with Gasteiger partial charge in [-0.2, -0.15) is 60.0 Å². The summed E-state index contributed by atoms with van der Waals surface area (Å²) in [6, 6.07) is 0. The first-order valence-corrected chi connectivity index (χ1v) is 16.9. The summed E-state index contributed by atoms with van der Waals surface area (Å²) in [5.74, 6) is 0. The normalized spacial score (nSPS) is 12.3. The summed E-state index contributed by atoms with van der Waals surface area (Å²) >= 11 is 0. The lowest BCUT2D eigenvalue weighted by molar-refractivity contribution is -0.0539. The third-order valence-electron chi connectivity index (χ3n) is 3.13. The van der Waals surface area contributed by atoms with Gasteiger partial charge in [-0.1, -0.05) is 24.3 Å². The van der Waals surface area contributed by atoms with Gasteiger partial charge in [-0.25, -0.2) is 0 Å². The maximum Gasteiger partial charge on any atom is 0.523 e. The lowest BCUT2D eigenvalue weighted by Gasteiger charge is -2.12. The fraction of sp³-hybridized carbons (Fsp3) is 0.600. The largest absolute Gasteiger partial charge is 0.523 e. The molecule has 0 spiro atoms. The Morgan fingerprint density at radius 1 is 0.595 bits per heavy atom. The van der Waals surface area contributed by atoms with Crippen LogP contribution in [-0.4, -0.2) is 82.6 Å². The van der Waals surface area contributed by atoms with E-state index in [0.717, 1.165) is 18.4 Å². The molecule has 0 fully saturated rings. The molecule has 22 heteroatoms. The quantitative estimate of drug-likeness (QED) is 0.104. The fourth-order valence-corrected chi connectivity index (χ4v) is 4.10. The van der Waals surface area contributed by atoms with E-state index in [1.807, 2.05) is 0 Å². The molecule has 0 unspecified atom stereocenters. The molecule has 0 bridgehead atoms. The summed E-state index contributed by atoms with van der Waals surface area (Å²) < 4.78 is 167. The summed E-state index contributed by atoms with van der Waals surface area (Å²) in [6.07, 6.45) is 6.78. The molecule has 0 aromatic rings. The van der Waals surface area contributed by atoms with Crippen molar-refractivity contribution in [3.8, 4) is 0 Å². The topological polar surface area (TPSA) is 173 Å². The lowest BCUT2D eigenvalue weighted by atomic mass is 10.2. The van der Waals surface area contributed by atoms with E-state index in [-0.39, 0.29) is 13.2 Å². The van der Waals surface area contributed by atoms with Crippen molar-refractivity contribution in [2.75, 3.05) is 32.7 Å². The predicted molar refractivity (Wildman–Crippen MR) is 143 cm³/mol. The van der Waals surface area contributed by atoms with E-state index >= 15 is 0 Å². The zero-order valence-corrected chi connectivity index (χ0v) is 26.0. The van der Waals surface area contributed by atoms with E-state index in [2.05, 4.69) is 43.0 Å². The molecule has 0 saturated heterocycles. The Morgan fingerprint density at radius 2 is 0.905 bits per heavy atom. The second kappa shape index (κ2) is 21.8. The highest BCUT2D eigenvalue weighted by Crippen LogP contribution is 2.25. The lowest BCUT2D eigenvalue weighted by Crippen LogP contribution is -2.25. The van der Waals surface area contributed by atoms with Crippen LogP contribution < -0.4 is 0 Å². The molecule has 0 N–H and O–H groups in total. The molecule has 0 aromatic heterocycles. The van der Waals surface area contributed by atoms with Crippen molar-refractivity contribution in [1.29, 1.82) is 0 Å². The smallest absolute Gasteiger partial charge is 0.271 e. The predicted octanol–water partition coefficient (Wildman–Crippen LogP) is 3.93. The molecule has 0 amide bonds. The van der Waals surface area contributed by atoms with E-state index in [9.17, 15) is 60.0 Å². The molecule has 252 valence electrons. The van der Waals surface area contributed by atoms with E-state index in [0.29, 0.717) is 12.8 Å². The van der Waals surface area contributed by atoms with Crippen LogP contribution >= 0.6 is 0 Å². The van der Waals surface area contributed by atoms with Crippen LogP contribution in [0.5, 0.6) is 0 Å². The number of halogens is 6. The van der Waals surface area contributed by atoms with Gasteiger partial charge in [-0.15, -0.1) is 26.3 Å². The molecule has 12 nitrogen and oxygen atoms in total.